The van der Waals surface area contributed by atoms with Gasteiger partial charge in [-0.1, -0.05) is 0 Å². The molecule has 0 N–H and O–H groups in total. The van der Waals surface area contributed by atoms with Gasteiger partial charge >= 0.3 is 301 Å². The molecule has 260 valence electrons. The van der Waals surface area contributed by atoms with Gasteiger partial charge in [-0.15, -0.1) is 0 Å². The third-order valence-corrected chi connectivity index (χ3v) is 18.0. The van der Waals surface area contributed by atoms with E-state index in [9.17, 15) is 9.59 Å². The van der Waals surface area contributed by atoms with E-state index >= 15 is 17.6 Å². The van der Waals surface area contributed by atoms with Crippen LogP contribution >= 0.6 is 0 Å². The molecule has 51 heavy (non-hydrogen) atoms. The molecule has 2 amide bonds. The number of halogens is 4. The van der Waals surface area contributed by atoms with Gasteiger partial charge in [-0.3, -0.25) is 0 Å². The zero-order valence-corrected chi connectivity index (χ0v) is 30.3. The molecule has 0 unspecified atom stereocenters. The first-order valence-electron chi connectivity index (χ1n) is 16.9. The van der Waals surface area contributed by atoms with Crippen LogP contribution in [0.3, 0.4) is 0 Å². The van der Waals surface area contributed by atoms with Crippen molar-refractivity contribution in [3.63, 3.8) is 0 Å². The number of benzene rings is 4. The van der Waals surface area contributed by atoms with Crippen LogP contribution in [-0.4, -0.2) is 23.9 Å². The first-order valence-corrected chi connectivity index (χ1v) is 20.3. The van der Waals surface area contributed by atoms with Crippen LogP contribution < -0.4 is 17.5 Å². The summed E-state index contributed by atoms with van der Waals surface area (Å²) in [7, 11) is 0. The molecule has 2 aliphatic rings. The average molecular weight is 727 g/mol. The molecule has 4 aromatic rings. The molecular weight excluding hydrogens is 688 g/mol. The molecule has 0 aromatic heterocycles. The molecule has 0 atom stereocenters. The van der Waals surface area contributed by atoms with E-state index in [4.69, 9.17) is 0 Å². The van der Waals surface area contributed by atoms with E-state index in [1.54, 1.807) is 137 Å². The fourth-order valence-corrected chi connectivity index (χ4v) is 16.2. The van der Waals surface area contributed by atoms with Gasteiger partial charge in [0.25, 0.3) is 0 Å². The van der Waals surface area contributed by atoms with E-state index < -0.39 is 79.9 Å². The van der Waals surface area contributed by atoms with Gasteiger partial charge in [-0.2, -0.15) is 0 Å². The van der Waals surface area contributed by atoms with Crippen LogP contribution in [0, 0.1) is 23.3 Å². The standard InChI is InChI=1S/2C16H14F2NO.2C5H5.Ti/c2*1-11(2)19(15-9-8-13(17)10-14(15)18)16(20)12-6-4-3-5-7-12;2*1-2-4-5-3-1;/h2*3-9,11H,1-2H3;2*1-5H;. The normalized spacial score (nSPS) is 14.3. The van der Waals surface area contributed by atoms with Crippen LogP contribution in [0.25, 0.3) is 0 Å². The Kier molecular flexibility index (Phi) is 10.5. The summed E-state index contributed by atoms with van der Waals surface area (Å²) >= 11 is -5.25. The number of carbonyl (C=O) groups excluding carboxylic acids is 2. The van der Waals surface area contributed by atoms with E-state index in [-0.39, 0.29) is 11.4 Å². The minimum atomic E-state index is -5.25. The van der Waals surface area contributed by atoms with E-state index in [0.29, 0.717) is 11.1 Å². The van der Waals surface area contributed by atoms with E-state index in [2.05, 4.69) is 0 Å². The first-order chi connectivity index (χ1) is 24.5. The quantitative estimate of drug-likeness (QED) is 0.121. The fraction of sp³-hybridized carbons (Fsp3) is 0.190. The monoisotopic (exact) mass is 726 g/mol. The third kappa shape index (κ3) is 6.36. The van der Waals surface area contributed by atoms with Gasteiger partial charge in [-0.05, 0) is 0 Å². The van der Waals surface area contributed by atoms with Crippen molar-refractivity contribution < 1.29 is 43.7 Å². The first kappa shape index (κ1) is 36.0. The molecule has 0 fully saturated rings. The molecule has 0 radical (unpaired) electrons. The Hall–Kier alpha value is -4.79. The molecule has 9 heteroatoms. The summed E-state index contributed by atoms with van der Waals surface area (Å²) in [5, 5.41) is 0. The van der Waals surface area contributed by atoms with Crippen LogP contribution in [0.4, 0.5) is 28.9 Å². The number of allylic oxidation sites excluding steroid dienone is 8. The Morgan fingerprint density at radius 2 is 0.863 bits per heavy atom. The SMILES string of the molecule is CC(C)N(C(=O)c1ccccc1)c1ccc(F)[c]([Ti]([c]2c(F)ccc(N(C(=O)c3ccccc3)C(C)C)c2F)([CH]2C=CC=C2)[CH]2C=CC=C2)c1F. The zero-order valence-electron chi connectivity index (χ0n) is 28.7. The van der Waals surface area contributed by atoms with E-state index in [0.717, 1.165) is 12.1 Å². The van der Waals surface area contributed by atoms with Crippen molar-refractivity contribution in [2.45, 2.75) is 48.2 Å². The molecular formula is C42H38F4N2O2Ti. The van der Waals surface area contributed by atoms with Crippen molar-refractivity contribution in [3.8, 4) is 0 Å². The second-order valence-corrected chi connectivity index (χ2v) is 19.6. The summed E-state index contributed by atoms with van der Waals surface area (Å²) < 4.78 is 66.7. The summed E-state index contributed by atoms with van der Waals surface area (Å²) in [5.74, 6) is -5.01. The van der Waals surface area contributed by atoms with Crippen molar-refractivity contribution >= 4 is 30.9 Å². The molecule has 6 rings (SSSR count). The summed E-state index contributed by atoms with van der Waals surface area (Å²) in [5.41, 5.74) is 0.216. The maximum atomic E-state index is 17.7. The Labute approximate surface area is 299 Å². The van der Waals surface area contributed by atoms with Crippen molar-refractivity contribution in [1.82, 2.24) is 0 Å². The summed E-state index contributed by atoms with van der Waals surface area (Å²) in [6.07, 6.45) is 13.8. The van der Waals surface area contributed by atoms with Gasteiger partial charge in [0.15, 0.2) is 0 Å². The molecule has 4 nitrogen and oxygen atoms in total. The Bertz CT molecular complexity index is 1900. The van der Waals surface area contributed by atoms with Gasteiger partial charge in [-0.25, -0.2) is 0 Å². The third-order valence-electron chi connectivity index (χ3n) is 9.55. The second kappa shape index (κ2) is 14.8. The van der Waals surface area contributed by atoms with Crippen LogP contribution in [0.15, 0.2) is 134 Å². The molecule has 0 aliphatic heterocycles. The van der Waals surface area contributed by atoms with Gasteiger partial charge < -0.3 is 0 Å². The van der Waals surface area contributed by atoms with Gasteiger partial charge in [0.2, 0.25) is 0 Å². The number of amides is 2. The Morgan fingerprint density at radius 3 is 1.18 bits per heavy atom. The van der Waals surface area contributed by atoms with Crippen molar-refractivity contribution in [3.05, 3.63) is 168 Å². The molecule has 0 heterocycles. The van der Waals surface area contributed by atoms with E-state index in [1.807, 2.05) is 0 Å². The molecule has 0 saturated carbocycles. The fourth-order valence-electron chi connectivity index (χ4n) is 7.38. The van der Waals surface area contributed by atoms with Gasteiger partial charge in [0.1, 0.15) is 0 Å². The number of anilines is 2. The Morgan fingerprint density at radius 1 is 0.529 bits per heavy atom. The minimum absolute atomic E-state index is 0.192. The number of nitrogens with zero attached hydrogens (tertiary/aromatic N) is 2. The second-order valence-electron chi connectivity index (χ2n) is 13.2. The van der Waals surface area contributed by atoms with Gasteiger partial charge in [0.05, 0.1) is 0 Å². The van der Waals surface area contributed by atoms with Crippen LogP contribution in [0.2, 0.25) is 8.45 Å². The van der Waals surface area contributed by atoms with Gasteiger partial charge in [0, 0.05) is 0 Å². The van der Waals surface area contributed by atoms with Crippen LogP contribution in [-0.2, 0) is 16.6 Å². The summed E-state index contributed by atoms with van der Waals surface area (Å²) in [6.45, 7) is 6.87. The molecule has 4 aromatic carbocycles. The van der Waals surface area contributed by atoms with Crippen molar-refractivity contribution in [2.24, 2.45) is 0 Å². The zero-order chi connectivity index (χ0) is 36.4. The van der Waals surface area contributed by atoms with Crippen molar-refractivity contribution in [1.29, 1.82) is 0 Å². The summed E-state index contributed by atoms with van der Waals surface area (Å²) in [4.78, 5) is 30.3. The van der Waals surface area contributed by atoms with Crippen molar-refractivity contribution in [2.75, 3.05) is 9.80 Å². The topological polar surface area (TPSA) is 40.6 Å². The van der Waals surface area contributed by atoms with Crippen LogP contribution in [0.1, 0.15) is 48.4 Å². The Balaban J connectivity index is 1.68. The number of hydrogen-bond acceptors (Lipinski definition) is 2. The van der Waals surface area contributed by atoms with E-state index in [1.165, 1.54) is 21.9 Å². The predicted molar refractivity (Wildman–Crippen MR) is 193 cm³/mol. The number of rotatable bonds is 10. The predicted octanol–water partition coefficient (Wildman–Crippen LogP) is 9.29. The molecule has 0 bridgehead atoms. The number of hydrogen-bond donors (Lipinski definition) is 0. The average Bonchev–Trinajstić information content (AvgIpc) is 3.86. The summed E-state index contributed by atoms with van der Waals surface area (Å²) in [6, 6.07) is 20.2. The molecule has 2 aliphatic carbocycles. The van der Waals surface area contributed by atoms with Crippen LogP contribution in [0.5, 0.6) is 0 Å². The maximum absolute atomic E-state index is 17.7. The molecule has 0 spiro atoms. The number of carbonyl (C=O) groups is 2. The molecule has 0 saturated heterocycles.